The zero-order valence-corrected chi connectivity index (χ0v) is 24.8. The predicted octanol–water partition coefficient (Wildman–Crippen LogP) is 7.35. The van der Waals surface area contributed by atoms with Crippen LogP contribution in [0, 0.1) is 12.7 Å². The summed E-state index contributed by atoms with van der Waals surface area (Å²) < 4.78 is 89.7. The van der Waals surface area contributed by atoms with Gasteiger partial charge in [-0.1, -0.05) is 72.8 Å². The molecule has 12 heteroatoms. The summed E-state index contributed by atoms with van der Waals surface area (Å²) in [5.41, 5.74) is -4.34. The lowest BCUT2D eigenvalue weighted by atomic mass is 9.98. The van der Waals surface area contributed by atoms with Gasteiger partial charge in [-0.2, -0.15) is 21.6 Å². The molecule has 0 saturated heterocycles. The van der Waals surface area contributed by atoms with Crippen LogP contribution in [-0.2, 0) is 16.7 Å². The second-order valence-corrected chi connectivity index (χ2v) is 11.7. The van der Waals surface area contributed by atoms with Crippen LogP contribution < -0.4 is 8.92 Å². The van der Waals surface area contributed by atoms with Gasteiger partial charge in [0.05, 0.1) is 5.56 Å². The Morgan fingerprint density at radius 2 is 1.44 bits per heavy atom. The molecule has 0 spiro atoms. The number of nitrogens with zero attached hydrogens (tertiary/aromatic N) is 2. The molecule has 232 valence electrons. The molecular formula is C33H26F4N2O5S. The maximum absolute atomic E-state index is 14.2. The molecule has 5 rings (SSSR count). The van der Waals surface area contributed by atoms with Crippen molar-refractivity contribution in [1.29, 1.82) is 0 Å². The highest BCUT2D eigenvalue weighted by Crippen LogP contribution is 2.44. The molecule has 0 radical (unpaired) electrons. The first-order valence-electron chi connectivity index (χ1n) is 13.6. The Hall–Kier alpha value is -4.97. The first kappa shape index (κ1) is 31.5. The van der Waals surface area contributed by atoms with Crippen molar-refractivity contribution in [3.05, 3.63) is 137 Å². The van der Waals surface area contributed by atoms with E-state index < -0.39 is 39.2 Å². The normalized spacial score (nSPS) is 11.9. The van der Waals surface area contributed by atoms with E-state index in [0.717, 1.165) is 0 Å². The van der Waals surface area contributed by atoms with E-state index in [9.17, 15) is 30.8 Å². The number of hydrogen-bond acceptors (Lipinski definition) is 6. The summed E-state index contributed by atoms with van der Waals surface area (Å²) in [5, 5.41) is -0.115. The summed E-state index contributed by atoms with van der Waals surface area (Å²) in [6.07, 6.45) is 0.528. The van der Waals surface area contributed by atoms with E-state index in [4.69, 9.17) is 4.74 Å². The summed E-state index contributed by atoms with van der Waals surface area (Å²) in [6.45, 7) is 1.26. The van der Waals surface area contributed by atoms with Gasteiger partial charge < -0.3 is 13.8 Å². The number of carbonyl (C=O) groups excluding carboxylic acids is 1. The fraction of sp³-hybridized carbons (Fsp3) is 0.152. The summed E-state index contributed by atoms with van der Waals surface area (Å²) in [6, 6.07) is 26.3. The Morgan fingerprint density at radius 3 is 2.00 bits per heavy atom. The topological polar surface area (TPSA) is 85.8 Å². The number of aromatic nitrogens is 1. The van der Waals surface area contributed by atoms with E-state index in [1.807, 2.05) is 36.4 Å². The van der Waals surface area contributed by atoms with Crippen molar-refractivity contribution in [2.45, 2.75) is 25.1 Å². The van der Waals surface area contributed by atoms with Crippen LogP contribution in [-0.4, -0.2) is 36.8 Å². The second-order valence-electron chi connectivity index (χ2n) is 10.1. The molecular weight excluding hydrogens is 612 g/mol. The minimum absolute atomic E-state index is 0.0178. The van der Waals surface area contributed by atoms with Gasteiger partial charge in [0, 0.05) is 30.7 Å². The molecule has 0 N–H and O–H groups in total. The van der Waals surface area contributed by atoms with Crippen LogP contribution in [0.2, 0.25) is 0 Å². The molecule has 0 atom stereocenters. The Bertz CT molecular complexity index is 1900. The summed E-state index contributed by atoms with van der Waals surface area (Å²) in [4.78, 5) is 19.8. The number of amides is 1. The lowest BCUT2D eigenvalue weighted by molar-refractivity contribution is -0.0499. The third kappa shape index (κ3) is 6.60. The van der Waals surface area contributed by atoms with Crippen molar-refractivity contribution in [3.8, 4) is 11.5 Å². The molecule has 45 heavy (non-hydrogen) atoms. The van der Waals surface area contributed by atoms with Gasteiger partial charge in [0.25, 0.3) is 5.91 Å². The average molecular weight is 639 g/mol. The minimum atomic E-state index is -6.13. The third-order valence-corrected chi connectivity index (χ3v) is 7.97. The van der Waals surface area contributed by atoms with Crippen molar-refractivity contribution in [2.75, 3.05) is 7.05 Å². The highest BCUT2D eigenvalue weighted by molar-refractivity contribution is 7.88. The third-order valence-electron chi connectivity index (χ3n) is 7.02. The van der Waals surface area contributed by atoms with Crippen molar-refractivity contribution in [1.82, 2.24) is 9.88 Å². The van der Waals surface area contributed by atoms with Crippen LogP contribution in [0.25, 0.3) is 10.9 Å². The molecule has 5 aromatic rings. The molecule has 1 heterocycles. The van der Waals surface area contributed by atoms with Crippen LogP contribution in [0.4, 0.5) is 17.6 Å². The summed E-state index contributed by atoms with van der Waals surface area (Å²) >= 11 is 0. The monoisotopic (exact) mass is 638 g/mol. The first-order chi connectivity index (χ1) is 21.4. The van der Waals surface area contributed by atoms with Gasteiger partial charge in [0.2, 0.25) is 0 Å². The molecule has 7 nitrogen and oxygen atoms in total. The fourth-order valence-corrected chi connectivity index (χ4v) is 5.37. The molecule has 0 bridgehead atoms. The van der Waals surface area contributed by atoms with E-state index in [0.29, 0.717) is 16.7 Å². The molecule has 1 amide bonds. The van der Waals surface area contributed by atoms with Gasteiger partial charge in [-0.15, -0.1) is 0 Å². The van der Waals surface area contributed by atoms with Crippen molar-refractivity contribution in [2.24, 2.45) is 0 Å². The van der Waals surface area contributed by atoms with E-state index in [2.05, 4.69) is 9.17 Å². The van der Waals surface area contributed by atoms with Crippen LogP contribution in [0.15, 0.2) is 103 Å². The van der Waals surface area contributed by atoms with Crippen molar-refractivity contribution < 1.29 is 39.7 Å². The molecule has 4 aromatic carbocycles. The maximum atomic E-state index is 14.2. The van der Waals surface area contributed by atoms with Gasteiger partial charge in [0.1, 0.15) is 17.4 Å². The second kappa shape index (κ2) is 12.6. The lowest BCUT2D eigenvalue weighted by Gasteiger charge is -2.27. The lowest BCUT2D eigenvalue weighted by Crippen LogP contribution is -2.30. The van der Waals surface area contributed by atoms with Crippen LogP contribution in [0.1, 0.15) is 38.7 Å². The minimum Gasteiger partial charge on any atom is -0.478 e. The van der Waals surface area contributed by atoms with Gasteiger partial charge in [-0.3, -0.25) is 9.78 Å². The number of alkyl halides is 3. The van der Waals surface area contributed by atoms with Crippen LogP contribution in [0.5, 0.6) is 11.5 Å². The van der Waals surface area contributed by atoms with E-state index in [-0.39, 0.29) is 34.3 Å². The molecule has 0 fully saturated rings. The van der Waals surface area contributed by atoms with Crippen molar-refractivity contribution >= 4 is 26.9 Å². The SMILES string of the molecule is Cc1c(C(=O)N(C)Cc2ccc(F)cc2)c(OC(c2ccccc2)c2ccccc2)c2ncccc2c1OS(=O)(=O)C(F)(F)F. The smallest absolute Gasteiger partial charge is 0.478 e. The summed E-state index contributed by atoms with van der Waals surface area (Å²) in [7, 11) is -4.69. The maximum Gasteiger partial charge on any atom is 0.534 e. The van der Waals surface area contributed by atoms with E-state index in [1.54, 1.807) is 24.3 Å². The van der Waals surface area contributed by atoms with Gasteiger partial charge in [-0.05, 0) is 47.9 Å². The van der Waals surface area contributed by atoms with Gasteiger partial charge in [-0.25, -0.2) is 4.39 Å². The molecule has 0 aliphatic rings. The zero-order valence-electron chi connectivity index (χ0n) is 24.0. The number of pyridine rings is 1. The Labute approximate surface area is 256 Å². The number of halogens is 4. The van der Waals surface area contributed by atoms with Crippen molar-refractivity contribution in [3.63, 3.8) is 0 Å². The quantitative estimate of drug-likeness (QED) is 0.0954. The number of carbonyl (C=O) groups is 1. The highest BCUT2D eigenvalue weighted by atomic mass is 32.2. The molecule has 1 aromatic heterocycles. The standard InChI is InChI=1S/C33H26F4N2O5S/c1-21-27(32(40)39(2)20-22-15-17-25(34)18-16-22)31(43-30(23-10-5-3-6-11-23)24-12-7-4-8-13-24)28-26(14-9-19-38-28)29(21)44-45(41,42)33(35,36)37/h3-19,30H,20H2,1-2H3. The van der Waals surface area contributed by atoms with Gasteiger partial charge in [0.15, 0.2) is 11.5 Å². The van der Waals surface area contributed by atoms with Crippen LogP contribution in [0.3, 0.4) is 0 Å². The number of hydrogen-bond donors (Lipinski definition) is 0. The van der Waals surface area contributed by atoms with E-state index in [1.165, 1.54) is 61.5 Å². The fourth-order valence-electron chi connectivity index (χ4n) is 4.84. The largest absolute Gasteiger partial charge is 0.534 e. The Morgan fingerprint density at radius 1 is 0.867 bits per heavy atom. The molecule has 0 saturated carbocycles. The van der Waals surface area contributed by atoms with E-state index >= 15 is 0 Å². The Balaban J connectivity index is 1.74. The van der Waals surface area contributed by atoms with Crippen LogP contribution >= 0.6 is 0 Å². The first-order valence-corrected chi connectivity index (χ1v) is 15.0. The predicted molar refractivity (Wildman–Crippen MR) is 160 cm³/mol. The zero-order chi connectivity index (χ0) is 32.4. The molecule has 0 unspecified atom stereocenters. The summed E-state index contributed by atoms with van der Waals surface area (Å²) in [5.74, 6) is -2.00. The average Bonchev–Trinajstić information content (AvgIpc) is 3.02. The molecule has 0 aliphatic carbocycles. The Kier molecular flexibility index (Phi) is 8.78. The molecule has 0 aliphatic heterocycles. The number of rotatable bonds is 9. The number of ether oxygens (including phenoxy) is 1. The number of fused-ring (bicyclic) bond motifs is 1. The highest BCUT2D eigenvalue weighted by Gasteiger charge is 2.49. The van der Waals surface area contributed by atoms with Gasteiger partial charge >= 0.3 is 15.6 Å². The number of benzene rings is 4.